The number of aliphatic hydroxyl groups is 1. The normalized spacial score (nSPS) is 26.5. The van der Waals surface area contributed by atoms with Crippen molar-refractivity contribution in [2.24, 2.45) is 11.8 Å². The molecule has 0 amide bonds. The lowest BCUT2D eigenvalue weighted by Crippen LogP contribution is -2.53. The lowest BCUT2D eigenvalue weighted by molar-refractivity contribution is -0.100. The Bertz CT molecular complexity index is 957. The van der Waals surface area contributed by atoms with Crippen molar-refractivity contribution in [2.45, 2.75) is 38.0 Å². The summed E-state index contributed by atoms with van der Waals surface area (Å²) >= 11 is 0. The largest absolute Gasteiger partial charge is 0.496 e. The highest BCUT2D eigenvalue weighted by Gasteiger charge is 2.51. The maximum atomic E-state index is 12.4. The molecule has 1 heterocycles. The van der Waals surface area contributed by atoms with Gasteiger partial charge in [0.25, 0.3) is 0 Å². The first-order valence-electron chi connectivity index (χ1n) is 10.8. The molecule has 1 fully saturated rings. The molecule has 3 heteroatoms. The van der Waals surface area contributed by atoms with Gasteiger partial charge in [0.2, 0.25) is 0 Å². The van der Waals surface area contributed by atoms with Crippen LogP contribution in [0.2, 0.25) is 0 Å². The van der Waals surface area contributed by atoms with Crippen molar-refractivity contribution in [1.82, 2.24) is 5.32 Å². The van der Waals surface area contributed by atoms with Gasteiger partial charge in [-0.2, -0.15) is 0 Å². The first-order chi connectivity index (χ1) is 14.5. The minimum atomic E-state index is -1.03. The fourth-order valence-corrected chi connectivity index (χ4v) is 5.19. The predicted molar refractivity (Wildman–Crippen MR) is 121 cm³/mol. The molecule has 0 radical (unpaired) electrons. The van der Waals surface area contributed by atoms with Gasteiger partial charge in [-0.1, -0.05) is 92.7 Å². The molecule has 1 aliphatic heterocycles. The van der Waals surface area contributed by atoms with Crippen LogP contribution in [0, 0.1) is 11.8 Å². The zero-order valence-electron chi connectivity index (χ0n) is 18.0. The molecule has 4 unspecified atom stereocenters. The summed E-state index contributed by atoms with van der Waals surface area (Å²) in [5.41, 5.74) is 2.22. The van der Waals surface area contributed by atoms with Crippen molar-refractivity contribution < 1.29 is 9.84 Å². The summed E-state index contributed by atoms with van der Waals surface area (Å²) < 4.78 is 5.69. The van der Waals surface area contributed by atoms with E-state index < -0.39 is 5.60 Å². The van der Waals surface area contributed by atoms with Gasteiger partial charge in [-0.3, -0.25) is 0 Å². The summed E-state index contributed by atoms with van der Waals surface area (Å²) in [6, 6.07) is 28.9. The molecule has 3 nitrogen and oxygen atoms in total. The van der Waals surface area contributed by atoms with Gasteiger partial charge in [0.05, 0.1) is 12.7 Å². The van der Waals surface area contributed by atoms with Gasteiger partial charge >= 0.3 is 0 Å². The van der Waals surface area contributed by atoms with Crippen molar-refractivity contribution >= 4 is 0 Å². The van der Waals surface area contributed by atoms with Crippen LogP contribution in [0.1, 0.15) is 49.0 Å². The summed E-state index contributed by atoms with van der Waals surface area (Å²) in [6.45, 7) is 4.40. The van der Waals surface area contributed by atoms with Crippen LogP contribution in [0.3, 0.4) is 0 Å². The molecule has 0 saturated carbocycles. The second-order valence-electron chi connectivity index (χ2n) is 8.62. The highest BCUT2D eigenvalue weighted by molar-refractivity contribution is 5.41. The highest BCUT2D eigenvalue weighted by Crippen LogP contribution is 2.53. The Balaban J connectivity index is 1.88. The molecule has 0 aromatic heterocycles. The van der Waals surface area contributed by atoms with E-state index in [0.29, 0.717) is 6.42 Å². The van der Waals surface area contributed by atoms with Gasteiger partial charge in [0, 0.05) is 30.0 Å². The number of methoxy groups -OCH3 is 1. The lowest BCUT2D eigenvalue weighted by Gasteiger charge is -2.51. The number of para-hydroxylation sites is 1. The molecule has 0 bridgehead atoms. The van der Waals surface area contributed by atoms with E-state index in [4.69, 9.17) is 4.74 Å². The number of piperidine rings is 1. The first kappa shape index (κ1) is 20.6. The molecule has 1 saturated heterocycles. The van der Waals surface area contributed by atoms with Crippen LogP contribution in [0.4, 0.5) is 0 Å². The zero-order valence-corrected chi connectivity index (χ0v) is 18.0. The quantitative estimate of drug-likeness (QED) is 0.582. The maximum absolute atomic E-state index is 12.4. The molecule has 4 rings (SSSR count). The Morgan fingerprint density at radius 2 is 1.43 bits per heavy atom. The van der Waals surface area contributed by atoms with Gasteiger partial charge in [-0.05, 0) is 23.1 Å². The minimum absolute atomic E-state index is 0.0140. The molecule has 0 spiro atoms. The summed E-state index contributed by atoms with van der Waals surface area (Å²) in [4.78, 5) is 0. The molecule has 156 valence electrons. The third-order valence-electron chi connectivity index (χ3n) is 6.46. The van der Waals surface area contributed by atoms with E-state index in [0.717, 1.165) is 11.3 Å². The van der Waals surface area contributed by atoms with E-state index in [2.05, 4.69) is 67.7 Å². The SMILES string of the molecule is COc1ccccc1C1(O)CC(c2ccccc2)NC(c2ccccc2)C1C(C)C. The van der Waals surface area contributed by atoms with E-state index in [1.54, 1.807) is 7.11 Å². The second kappa shape index (κ2) is 8.63. The smallest absolute Gasteiger partial charge is 0.124 e. The Morgan fingerprint density at radius 1 is 0.867 bits per heavy atom. The van der Waals surface area contributed by atoms with Crippen LogP contribution in [0.15, 0.2) is 84.9 Å². The van der Waals surface area contributed by atoms with E-state index in [1.807, 2.05) is 36.4 Å². The topological polar surface area (TPSA) is 41.5 Å². The standard InChI is InChI=1S/C27H31NO2/c1-19(2)25-26(21-14-8-5-9-15-21)28-23(20-12-6-4-7-13-20)18-27(25,29)22-16-10-11-17-24(22)30-3/h4-17,19,23,25-26,28-29H,18H2,1-3H3. The van der Waals surface area contributed by atoms with Crippen molar-refractivity contribution in [2.75, 3.05) is 7.11 Å². The number of benzene rings is 3. The summed E-state index contributed by atoms with van der Waals surface area (Å²) in [5, 5.41) is 16.3. The van der Waals surface area contributed by atoms with Crippen LogP contribution < -0.4 is 10.1 Å². The molecule has 3 aromatic carbocycles. The van der Waals surface area contributed by atoms with E-state index >= 15 is 0 Å². The Hall–Kier alpha value is -2.62. The molecule has 4 atom stereocenters. The fourth-order valence-electron chi connectivity index (χ4n) is 5.19. The van der Waals surface area contributed by atoms with Crippen LogP contribution >= 0.6 is 0 Å². The van der Waals surface area contributed by atoms with Gasteiger partial charge in [0.1, 0.15) is 5.75 Å². The third kappa shape index (κ3) is 3.76. The summed E-state index contributed by atoms with van der Waals surface area (Å²) in [6.07, 6.45) is 0.587. The van der Waals surface area contributed by atoms with Crippen LogP contribution in [0.5, 0.6) is 5.75 Å². The number of hydrogen-bond donors (Lipinski definition) is 2. The van der Waals surface area contributed by atoms with Gasteiger partial charge in [-0.25, -0.2) is 0 Å². The van der Waals surface area contributed by atoms with Gasteiger partial charge in [0.15, 0.2) is 0 Å². The number of nitrogens with one attached hydrogen (secondary N) is 1. The van der Waals surface area contributed by atoms with Gasteiger partial charge in [-0.15, -0.1) is 0 Å². The minimum Gasteiger partial charge on any atom is -0.496 e. The fraction of sp³-hybridized carbons (Fsp3) is 0.333. The molecular weight excluding hydrogens is 370 g/mol. The zero-order chi connectivity index (χ0) is 21.1. The maximum Gasteiger partial charge on any atom is 0.124 e. The van der Waals surface area contributed by atoms with Crippen molar-refractivity contribution in [3.05, 3.63) is 102 Å². The molecular formula is C27H31NO2. The number of rotatable bonds is 5. The summed E-state index contributed by atoms with van der Waals surface area (Å²) in [5.74, 6) is 0.983. The predicted octanol–water partition coefficient (Wildman–Crippen LogP) is 5.63. The Morgan fingerprint density at radius 3 is 2.03 bits per heavy atom. The van der Waals surface area contributed by atoms with E-state index in [-0.39, 0.29) is 23.9 Å². The Labute approximate surface area is 179 Å². The highest BCUT2D eigenvalue weighted by atomic mass is 16.5. The number of hydrogen-bond acceptors (Lipinski definition) is 3. The first-order valence-corrected chi connectivity index (χ1v) is 10.8. The van der Waals surface area contributed by atoms with E-state index in [9.17, 15) is 5.11 Å². The van der Waals surface area contributed by atoms with Crippen LogP contribution in [-0.4, -0.2) is 12.2 Å². The molecule has 30 heavy (non-hydrogen) atoms. The van der Waals surface area contributed by atoms with Crippen LogP contribution in [0.25, 0.3) is 0 Å². The average molecular weight is 402 g/mol. The lowest BCUT2D eigenvalue weighted by atomic mass is 9.64. The molecule has 2 N–H and O–H groups in total. The Kier molecular flexibility index (Phi) is 5.94. The average Bonchev–Trinajstić information content (AvgIpc) is 2.79. The second-order valence-corrected chi connectivity index (χ2v) is 8.62. The molecule has 0 aliphatic carbocycles. The molecule has 1 aliphatic rings. The van der Waals surface area contributed by atoms with Crippen molar-refractivity contribution in [1.29, 1.82) is 0 Å². The number of ether oxygens (including phenoxy) is 1. The van der Waals surface area contributed by atoms with Crippen LogP contribution in [-0.2, 0) is 5.60 Å². The monoisotopic (exact) mass is 401 g/mol. The van der Waals surface area contributed by atoms with E-state index in [1.165, 1.54) is 11.1 Å². The molecule has 3 aromatic rings. The summed E-state index contributed by atoms with van der Waals surface area (Å²) in [7, 11) is 1.68. The van der Waals surface area contributed by atoms with Crippen molar-refractivity contribution in [3.8, 4) is 5.75 Å². The third-order valence-corrected chi connectivity index (χ3v) is 6.46. The van der Waals surface area contributed by atoms with Crippen molar-refractivity contribution in [3.63, 3.8) is 0 Å². The van der Waals surface area contributed by atoms with Gasteiger partial charge < -0.3 is 15.2 Å².